The van der Waals surface area contributed by atoms with Crippen molar-refractivity contribution in [1.29, 1.82) is 0 Å². The Kier molecular flexibility index (Phi) is 5.10. The van der Waals surface area contributed by atoms with Crippen LogP contribution in [0.1, 0.15) is 44.0 Å². The number of carbonyl (C=O) groups is 1. The van der Waals surface area contributed by atoms with E-state index >= 15 is 0 Å². The van der Waals surface area contributed by atoms with Gasteiger partial charge in [0.1, 0.15) is 15.9 Å². The van der Waals surface area contributed by atoms with Crippen molar-refractivity contribution in [3.8, 4) is 0 Å². The van der Waals surface area contributed by atoms with Gasteiger partial charge in [-0.15, -0.1) is 21.5 Å². The first-order valence-corrected chi connectivity index (χ1v) is 12.1. The highest BCUT2D eigenvalue weighted by atomic mass is 32.2. The zero-order valence-electron chi connectivity index (χ0n) is 17.3. The summed E-state index contributed by atoms with van der Waals surface area (Å²) in [6.45, 7) is 6.67. The van der Waals surface area contributed by atoms with Gasteiger partial charge in [0.05, 0.1) is 17.9 Å². The molecule has 0 aliphatic heterocycles. The normalized spacial score (nSPS) is 13.7. The van der Waals surface area contributed by atoms with E-state index in [1.807, 2.05) is 4.40 Å². The summed E-state index contributed by atoms with van der Waals surface area (Å²) in [4.78, 5) is 22.6. The quantitative estimate of drug-likeness (QED) is 0.327. The lowest BCUT2D eigenvalue weighted by Gasteiger charge is -2.11. The highest BCUT2D eigenvalue weighted by molar-refractivity contribution is 7.99. The fourth-order valence-corrected chi connectivity index (χ4v) is 6.05. The van der Waals surface area contributed by atoms with Gasteiger partial charge < -0.3 is 4.74 Å². The Hall–Kier alpha value is -2.26. The molecule has 0 saturated heterocycles. The fraction of sp³-hybridized carbons (Fsp3) is 0.476. The predicted molar refractivity (Wildman–Crippen MR) is 119 cm³/mol. The van der Waals surface area contributed by atoms with E-state index in [-0.39, 0.29) is 11.7 Å². The minimum atomic E-state index is -0.257. The number of nitrogens with zero attached hydrogens (tertiary/aromatic N) is 5. The molecule has 7 nitrogen and oxygen atoms in total. The Morgan fingerprint density at radius 2 is 2.13 bits per heavy atom. The average Bonchev–Trinajstić information content (AvgIpc) is 3.41. The monoisotopic (exact) mass is 441 g/mol. The SMILES string of the molecule is CCOC(=O)CSc1nnc2c3sc4nc(CC(C)C)c5c(c4c3ncn12)CCC5. The van der Waals surface area contributed by atoms with Gasteiger partial charge >= 0.3 is 5.97 Å². The molecular formula is C21H23N5O2S2. The number of aryl methyl sites for hydroxylation is 1. The van der Waals surface area contributed by atoms with Crippen LogP contribution in [0, 0.1) is 5.92 Å². The molecule has 0 N–H and O–H groups in total. The van der Waals surface area contributed by atoms with Crippen LogP contribution < -0.4 is 0 Å². The Morgan fingerprint density at radius 1 is 1.30 bits per heavy atom. The average molecular weight is 442 g/mol. The zero-order valence-corrected chi connectivity index (χ0v) is 18.9. The molecule has 4 aromatic heterocycles. The van der Waals surface area contributed by atoms with Crippen LogP contribution in [0.25, 0.3) is 26.1 Å². The lowest BCUT2D eigenvalue weighted by atomic mass is 9.99. The Labute approximate surface area is 182 Å². The first kappa shape index (κ1) is 19.7. The predicted octanol–water partition coefficient (Wildman–Crippen LogP) is 4.23. The Morgan fingerprint density at radius 3 is 2.93 bits per heavy atom. The molecule has 1 aliphatic carbocycles. The van der Waals surface area contributed by atoms with E-state index in [0.717, 1.165) is 40.0 Å². The molecule has 0 atom stereocenters. The van der Waals surface area contributed by atoms with Crippen LogP contribution in [-0.2, 0) is 28.8 Å². The van der Waals surface area contributed by atoms with Crippen molar-refractivity contribution in [2.45, 2.75) is 51.6 Å². The van der Waals surface area contributed by atoms with Crippen molar-refractivity contribution in [1.82, 2.24) is 24.6 Å². The van der Waals surface area contributed by atoms with Crippen LogP contribution in [-0.4, -0.2) is 42.9 Å². The summed E-state index contributed by atoms with van der Waals surface area (Å²) in [5, 5.41) is 10.5. The molecule has 0 bridgehead atoms. The van der Waals surface area contributed by atoms with E-state index in [1.54, 1.807) is 24.6 Å². The second-order valence-electron chi connectivity index (χ2n) is 7.94. The van der Waals surface area contributed by atoms with Gasteiger partial charge in [0, 0.05) is 11.1 Å². The number of hydrogen-bond donors (Lipinski definition) is 0. The molecule has 30 heavy (non-hydrogen) atoms. The van der Waals surface area contributed by atoms with Gasteiger partial charge in [0.25, 0.3) is 0 Å². The van der Waals surface area contributed by atoms with Crippen LogP contribution in [0.3, 0.4) is 0 Å². The van der Waals surface area contributed by atoms with Crippen LogP contribution in [0.15, 0.2) is 11.5 Å². The molecular weight excluding hydrogens is 418 g/mol. The molecule has 0 unspecified atom stereocenters. The van der Waals surface area contributed by atoms with Crippen LogP contribution in [0.5, 0.6) is 0 Å². The molecule has 5 rings (SSSR count). The number of fused-ring (bicyclic) bond motifs is 7. The van der Waals surface area contributed by atoms with Gasteiger partial charge in [0.2, 0.25) is 0 Å². The molecule has 0 spiro atoms. The summed E-state index contributed by atoms with van der Waals surface area (Å²) >= 11 is 2.96. The first-order valence-electron chi connectivity index (χ1n) is 10.3. The maximum absolute atomic E-state index is 11.7. The summed E-state index contributed by atoms with van der Waals surface area (Å²) < 4.78 is 7.87. The standard InChI is InChI=1S/C21H23N5O2S2/c1-4-28-15(27)9-29-21-25-24-19-18-17(22-10-26(19)21)16-13-7-5-6-12(13)14(8-11(2)3)23-20(16)30-18/h10-11H,4-9H2,1-3H3. The number of thioether (sulfide) groups is 1. The second kappa shape index (κ2) is 7.77. The van der Waals surface area contributed by atoms with Gasteiger partial charge in [-0.3, -0.25) is 9.20 Å². The largest absolute Gasteiger partial charge is 0.465 e. The maximum atomic E-state index is 11.7. The summed E-state index contributed by atoms with van der Waals surface area (Å²) in [7, 11) is 0. The summed E-state index contributed by atoms with van der Waals surface area (Å²) in [6.07, 6.45) is 6.15. The lowest BCUT2D eigenvalue weighted by Crippen LogP contribution is -2.07. The van der Waals surface area contributed by atoms with Crippen molar-refractivity contribution in [2.75, 3.05) is 12.4 Å². The van der Waals surface area contributed by atoms with Crippen molar-refractivity contribution < 1.29 is 9.53 Å². The van der Waals surface area contributed by atoms with Crippen molar-refractivity contribution >= 4 is 55.1 Å². The molecule has 4 aromatic rings. The molecule has 0 fully saturated rings. The third-order valence-electron chi connectivity index (χ3n) is 5.36. The highest BCUT2D eigenvalue weighted by Crippen LogP contribution is 2.41. The number of hydrogen-bond acceptors (Lipinski definition) is 8. The number of esters is 1. The first-order chi connectivity index (χ1) is 14.6. The Balaban J connectivity index is 1.63. The topological polar surface area (TPSA) is 82.3 Å². The van der Waals surface area contributed by atoms with Gasteiger partial charge in [-0.2, -0.15) is 0 Å². The number of ether oxygens (including phenoxy) is 1. The zero-order chi connectivity index (χ0) is 20.8. The molecule has 9 heteroatoms. The highest BCUT2D eigenvalue weighted by Gasteiger charge is 2.25. The number of rotatable bonds is 6. The number of pyridine rings is 1. The van der Waals surface area contributed by atoms with E-state index in [9.17, 15) is 4.79 Å². The Bertz CT molecular complexity index is 1280. The van der Waals surface area contributed by atoms with Crippen LogP contribution >= 0.6 is 23.1 Å². The molecule has 156 valence electrons. The van der Waals surface area contributed by atoms with E-state index in [1.165, 1.54) is 40.4 Å². The van der Waals surface area contributed by atoms with Gasteiger partial charge in [-0.1, -0.05) is 25.6 Å². The van der Waals surface area contributed by atoms with Crippen molar-refractivity contribution in [3.63, 3.8) is 0 Å². The fourth-order valence-electron chi connectivity index (χ4n) is 4.20. The minimum Gasteiger partial charge on any atom is -0.465 e. The van der Waals surface area contributed by atoms with Gasteiger partial charge in [-0.05, 0) is 49.7 Å². The third kappa shape index (κ3) is 3.24. The molecule has 1 aliphatic rings. The number of carbonyl (C=O) groups excluding carboxylic acids is 1. The van der Waals surface area contributed by atoms with Gasteiger partial charge in [0.15, 0.2) is 10.8 Å². The van der Waals surface area contributed by atoms with E-state index in [2.05, 4.69) is 24.0 Å². The van der Waals surface area contributed by atoms with E-state index < -0.39 is 0 Å². The van der Waals surface area contributed by atoms with Gasteiger partial charge in [-0.25, -0.2) is 9.97 Å². The van der Waals surface area contributed by atoms with Crippen LogP contribution in [0.4, 0.5) is 0 Å². The van der Waals surface area contributed by atoms with Crippen LogP contribution in [0.2, 0.25) is 0 Å². The van der Waals surface area contributed by atoms with Crippen molar-refractivity contribution in [3.05, 3.63) is 23.1 Å². The smallest absolute Gasteiger partial charge is 0.316 e. The molecule has 0 amide bonds. The number of aromatic nitrogens is 5. The molecule has 0 aromatic carbocycles. The maximum Gasteiger partial charge on any atom is 0.316 e. The second-order valence-corrected chi connectivity index (χ2v) is 9.88. The number of thiophene rings is 1. The third-order valence-corrected chi connectivity index (χ3v) is 7.35. The summed E-state index contributed by atoms with van der Waals surface area (Å²) in [5.74, 6) is 0.522. The van der Waals surface area contributed by atoms with E-state index in [0.29, 0.717) is 17.7 Å². The molecule has 4 heterocycles. The summed E-state index contributed by atoms with van der Waals surface area (Å²) in [6, 6.07) is 0. The molecule has 0 radical (unpaired) electrons. The van der Waals surface area contributed by atoms with E-state index in [4.69, 9.17) is 14.7 Å². The minimum absolute atomic E-state index is 0.201. The summed E-state index contributed by atoms with van der Waals surface area (Å²) in [5.41, 5.74) is 5.85. The molecule has 0 saturated carbocycles. The van der Waals surface area contributed by atoms with Crippen molar-refractivity contribution in [2.24, 2.45) is 5.92 Å². The lowest BCUT2D eigenvalue weighted by molar-refractivity contribution is -0.139.